The molecule has 2 aromatic rings. The fourth-order valence-electron chi connectivity index (χ4n) is 4.13. The van der Waals surface area contributed by atoms with Crippen LogP contribution in [0.4, 0.5) is 22.7 Å². The van der Waals surface area contributed by atoms with Gasteiger partial charge in [0.1, 0.15) is 0 Å². The van der Waals surface area contributed by atoms with E-state index in [-0.39, 0.29) is 18.7 Å². The van der Waals surface area contributed by atoms with Gasteiger partial charge in [-0.2, -0.15) is 0 Å². The molecule has 2 aromatic carbocycles. The molecule has 1 aliphatic heterocycles. The number of rotatable bonds is 10. The Balaban J connectivity index is 2.03. The lowest BCUT2D eigenvalue weighted by atomic mass is 10.1. The summed E-state index contributed by atoms with van der Waals surface area (Å²) in [5.74, 6) is 0.229. The van der Waals surface area contributed by atoms with Crippen LogP contribution in [0.2, 0.25) is 0 Å². The van der Waals surface area contributed by atoms with Crippen LogP contribution in [-0.2, 0) is 9.59 Å². The summed E-state index contributed by atoms with van der Waals surface area (Å²) in [5, 5.41) is 8.96. The summed E-state index contributed by atoms with van der Waals surface area (Å²) < 4.78 is 6.32. The van der Waals surface area contributed by atoms with Gasteiger partial charge in [0.25, 0.3) is 0 Å². The van der Waals surface area contributed by atoms with Gasteiger partial charge in [0.05, 0.1) is 11.4 Å². The van der Waals surface area contributed by atoms with Gasteiger partial charge in [0, 0.05) is 62.5 Å². The number of carbonyl (C=O) groups is 2. The van der Waals surface area contributed by atoms with E-state index in [2.05, 4.69) is 37.5 Å². The van der Waals surface area contributed by atoms with E-state index >= 15 is 0 Å². The first-order valence-corrected chi connectivity index (χ1v) is 11.4. The molecular formula is C25H33N3O4. The van der Waals surface area contributed by atoms with E-state index in [9.17, 15) is 9.59 Å². The molecular weight excluding hydrogens is 406 g/mol. The van der Waals surface area contributed by atoms with E-state index < -0.39 is 5.97 Å². The molecule has 32 heavy (non-hydrogen) atoms. The first-order valence-electron chi connectivity index (χ1n) is 11.4. The van der Waals surface area contributed by atoms with Gasteiger partial charge in [-0.1, -0.05) is 0 Å². The van der Waals surface area contributed by atoms with Crippen LogP contribution in [0.25, 0.3) is 0 Å². The molecule has 0 saturated heterocycles. The predicted molar refractivity (Wildman–Crippen MR) is 129 cm³/mol. The smallest absolute Gasteiger partial charge is 0.303 e. The molecule has 0 atom stereocenters. The second-order valence-electron chi connectivity index (χ2n) is 7.73. The van der Waals surface area contributed by atoms with Crippen LogP contribution in [0.1, 0.15) is 47.0 Å². The quantitative estimate of drug-likeness (QED) is 0.534. The van der Waals surface area contributed by atoms with Crippen LogP contribution in [0.5, 0.6) is 11.5 Å². The molecule has 0 radical (unpaired) electrons. The standard InChI is InChI=1S/C25H33N3O4/c1-5-26(6-2)18-12-14-20-22(16-18)32-23-17-19(27(7-3)8-4)13-15-21(23)28(20)24(29)10-9-11-25(30)31/h12-17H,5-11H2,1-4H3,(H,30,31). The number of hydrogen-bond acceptors (Lipinski definition) is 5. The third-order valence-electron chi connectivity index (χ3n) is 5.88. The van der Waals surface area contributed by atoms with Gasteiger partial charge in [0.15, 0.2) is 11.5 Å². The molecule has 0 saturated carbocycles. The third-order valence-corrected chi connectivity index (χ3v) is 5.88. The average molecular weight is 440 g/mol. The van der Waals surface area contributed by atoms with E-state index in [0.717, 1.165) is 37.6 Å². The van der Waals surface area contributed by atoms with Crippen LogP contribution < -0.4 is 19.4 Å². The first-order chi connectivity index (χ1) is 15.4. The highest BCUT2D eigenvalue weighted by atomic mass is 16.5. The van der Waals surface area contributed by atoms with Crippen molar-refractivity contribution in [3.05, 3.63) is 36.4 Å². The Morgan fingerprint density at radius 1 is 0.812 bits per heavy atom. The fraction of sp³-hybridized carbons (Fsp3) is 0.440. The molecule has 172 valence electrons. The number of benzene rings is 2. The van der Waals surface area contributed by atoms with Crippen molar-refractivity contribution >= 4 is 34.6 Å². The molecule has 3 rings (SSSR count). The second kappa shape index (κ2) is 10.4. The van der Waals surface area contributed by atoms with Gasteiger partial charge in [-0.15, -0.1) is 0 Å². The van der Waals surface area contributed by atoms with Crippen molar-refractivity contribution in [3.63, 3.8) is 0 Å². The molecule has 0 fully saturated rings. The lowest BCUT2D eigenvalue weighted by molar-refractivity contribution is -0.137. The largest absolute Gasteiger partial charge is 0.481 e. The Hall–Kier alpha value is -3.22. The highest BCUT2D eigenvalue weighted by Gasteiger charge is 2.30. The van der Waals surface area contributed by atoms with Crippen molar-refractivity contribution in [3.8, 4) is 11.5 Å². The number of nitrogens with zero attached hydrogens (tertiary/aromatic N) is 3. The molecule has 0 unspecified atom stereocenters. The zero-order valence-electron chi connectivity index (χ0n) is 19.4. The maximum Gasteiger partial charge on any atom is 0.303 e. The Morgan fingerprint density at radius 2 is 1.28 bits per heavy atom. The van der Waals surface area contributed by atoms with Crippen molar-refractivity contribution < 1.29 is 19.4 Å². The zero-order chi connectivity index (χ0) is 23.3. The number of carboxylic acids is 1. The lowest BCUT2D eigenvalue weighted by Gasteiger charge is -2.33. The van der Waals surface area contributed by atoms with E-state index in [1.54, 1.807) is 4.90 Å². The van der Waals surface area contributed by atoms with Crippen LogP contribution >= 0.6 is 0 Å². The minimum absolute atomic E-state index is 0.0302. The number of carbonyl (C=O) groups excluding carboxylic acids is 1. The molecule has 0 spiro atoms. The second-order valence-corrected chi connectivity index (χ2v) is 7.73. The SMILES string of the molecule is CCN(CC)c1ccc2c(c1)Oc1cc(N(CC)CC)ccc1N2C(=O)CCCC(=O)O. The number of anilines is 4. The molecule has 7 nitrogen and oxygen atoms in total. The van der Waals surface area contributed by atoms with Crippen LogP contribution in [0.3, 0.4) is 0 Å². The van der Waals surface area contributed by atoms with E-state index in [0.29, 0.717) is 29.3 Å². The molecule has 1 amide bonds. The van der Waals surface area contributed by atoms with Crippen molar-refractivity contribution in [2.24, 2.45) is 0 Å². The summed E-state index contributed by atoms with van der Waals surface area (Å²) >= 11 is 0. The van der Waals surface area contributed by atoms with Gasteiger partial charge in [0.2, 0.25) is 5.91 Å². The monoisotopic (exact) mass is 439 g/mol. The minimum Gasteiger partial charge on any atom is -0.481 e. The number of aliphatic carboxylic acids is 1. The average Bonchev–Trinajstić information content (AvgIpc) is 2.78. The number of carboxylic acid groups (broad SMARTS) is 1. The molecule has 0 aromatic heterocycles. The zero-order valence-corrected chi connectivity index (χ0v) is 19.4. The maximum absolute atomic E-state index is 13.2. The highest BCUT2D eigenvalue weighted by molar-refractivity contribution is 6.05. The molecule has 0 aliphatic carbocycles. The molecule has 1 N–H and O–H groups in total. The summed E-state index contributed by atoms with van der Waals surface area (Å²) in [5.41, 5.74) is 3.44. The molecule has 1 aliphatic rings. The minimum atomic E-state index is -0.895. The van der Waals surface area contributed by atoms with E-state index in [1.807, 2.05) is 36.4 Å². The Labute approximate surface area is 190 Å². The van der Waals surface area contributed by atoms with Crippen molar-refractivity contribution in [2.45, 2.75) is 47.0 Å². The van der Waals surface area contributed by atoms with Gasteiger partial charge in [-0.25, -0.2) is 0 Å². The van der Waals surface area contributed by atoms with Gasteiger partial charge < -0.3 is 19.6 Å². The lowest BCUT2D eigenvalue weighted by Crippen LogP contribution is -2.29. The third kappa shape index (κ3) is 4.82. The Morgan fingerprint density at radius 3 is 1.69 bits per heavy atom. The topological polar surface area (TPSA) is 73.3 Å². The van der Waals surface area contributed by atoms with Crippen molar-refractivity contribution in [1.29, 1.82) is 0 Å². The number of amides is 1. The van der Waals surface area contributed by atoms with Gasteiger partial charge >= 0.3 is 5.97 Å². The first kappa shape index (κ1) is 23.4. The van der Waals surface area contributed by atoms with E-state index in [4.69, 9.17) is 9.84 Å². The number of ether oxygens (including phenoxy) is 1. The van der Waals surface area contributed by atoms with Gasteiger partial charge in [-0.05, 0) is 58.4 Å². The summed E-state index contributed by atoms with van der Waals surface area (Å²) in [4.78, 5) is 30.3. The number of fused-ring (bicyclic) bond motifs is 2. The van der Waals surface area contributed by atoms with Gasteiger partial charge in [-0.3, -0.25) is 14.5 Å². The number of hydrogen-bond donors (Lipinski definition) is 1. The van der Waals surface area contributed by atoms with Crippen molar-refractivity contribution in [2.75, 3.05) is 40.9 Å². The molecule has 1 heterocycles. The van der Waals surface area contributed by atoms with Crippen LogP contribution in [0.15, 0.2) is 36.4 Å². The maximum atomic E-state index is 13.2. The summed E-state index contributed by atoms with van der Waals surface area (Å²) in [6, 6.07) is 11.8. The summed E-state index contributed by atoms with van der Waals surface area (Å²) in [7, 11) is 0. The fourth-order valence-corrected chi connectivity index (χ4v) is 4.13. The highest BCUT2D eigenvalue weighted by Crippen LogP contribution is 2.49. The Kier molecular flexibility index (Phi) is 7.62. The summed E-state index contributed by atoms with van der Waals surface area (Å²) in [6.07, 6.45) is 0.420. The van der Waals surface area contributed by atoms with Crippen LogP contribution in [-0.4, -0.2) is 43.2 Å². The van der Waals surface area contributed by atoms with E-state index in [1.165, 1.54) is 0 Å². The predicted octanol–water partition coefficient (Wildman–Crippen LogP) is 5.40. The molecule has 7 heteroatoms. The molecule has 0 bridgehead atoms. The normalized spacial score (nSPS) is 11.9. The van der Waals surface area contributed by atoms with Crippen molar-refractivity contribution in [1.82, 2.24) is 0 Å². The summed E-state index contributed by atoms with van der Waals surface area (Å²) in [6.45, 7) is 11.9. The Bertz CT molecular complexity index is 906. The van der Waals surface area contributed by atoms with Crippen LogP contribution in [0, 0.1) is 0 Å².